The highest BCUT2D eigenvalue weighted by atomic mass is 19.2. The molecule has 1 aliphatic heterocycles. The van der Waals surface area contributed by atoms with Gasteiger partial charge < -0.3 is 33.9 Å². The molecule has 0 radical (unpaired) electrons. The summed E-state index contributed by atoms with van der Waals surface area (Å²) in [4.78, 5) is 33.9. The average molecular weight is 764 g/mol. The summed E-state index contributed by atoms with van der Waals surface area (Å²) in [5, 5.41) is 15.8. The van der Waals surface area contributed by atoms with Gasteiger partial charge in [-0.15, -0.1) is 10.2 Å². The maximum absolute atomic E-state index is 15.1. The van der Waals surface area contributed by atoms with Gasteiger partial charge in [-0.05, 0) is 101 Å². The van der Waals surface area contributed by atoms with Crippen molar-refractivity contribution in [3.05, 3.63) is 76.9 Å². The van der Waals surface area contributed by atoms with Crippen molar-refractivity contribution in [2.24, 2.45) is 5.41 Å². The number of anilines is 1. The van der Waals surface area contributed by atoms with Crippen molar-refractivity contribution in [1.82, 2.24) is 30.6 Å². The van der Waals surface area contributed by atoms with Crippen LogP contribution in [0.3, 0.4) is 0 Å². The Morgan fingerprint density at radius 2 is 1.60 bits per heavy atom. The zero-order valence-electron chi connectivity index (χ0n) is 31.3. The minimum Gasteiger partial charge on any atom is -0.497 e. The third-order valence-corrected chi connectivity index (χ3v) is 11.0. The lowest BCUT2D eigenvalue weighted by Crippen LogP contribution is -2.50. The number of piperazine rings is 1. The Hall–Kier alpha value is -5.41. The molecule has 1 N–H and O–H groups in total. The summed E-state index contributed by atoms with van der Waals surface area (Å²) < 4.78 is 66.4. The quantitative estimate of drug-likeness (QED) is 0.174. The zero-order chi connectivity index (χ0) is 39.0. The molecule has 0 unspecified atom stereocenters. The van der Waals surface area contributed by atoms with Gasteiger partial charge in [-0.25, -0.2) is 13.6 Å². The highest BCUT2D eigenvalue weighted by molar-refractivity contribution is 5.94. The van der Waals surface area contributed by atoms with E-state index in [0.717, 1.165) is 38.5 Å². The molecule has 0 atom stereocenters. The number of hydrogen-bond donors (Lipinski definition) is 1. The van der Waals surface area contributed by atoms with Gasteiger partial charge in [0.1, 0.15) is 18.0 Å². The summed E-state index contributed by atoms with van der Waals surface area (Å²) in [5.74, 6) is -3.84. The highest BCUT2D eigenvalue weighted by Gasteiger charge is 2.51. The summed E-state index contributed by atoms with van der Waals surface area (Å²) in [7, 11) is 1.51. The highest BCUT2D eigenvalue weighted by Crippen LogP contribution is 2.57. The molecular weight excluding hydrogens is 719 g/mol. The van der Waals surface area contributed by atoms with Crippen molar-refractivity contribution in [3.8, 4) is 23.1 Å². The monoisotopic (exact) mass is 763 g/mol. The number of benzene rings is 2. The number of fused-ring (bicyclic) bond motifs is 3. The largest absolute Gasteiger partial charge is 0.497 e. The molecule has 2 bridgehead atoms. The number of carbonyl (C=O) groups excluding carboxylic acids is 2. The van der Waals surface area contributed by atoms with E-state index < -0.39 is 40.3 Å². The van der Waals surface area contributed by atoms with Crippen molar-refractivity contribution >= 4 is 17.8 Å². The second kappa shape index (κ2) is 15.0. The van der Waals surface area contributed by atoms with Gasteiger partial charge in [0, 0.05) is 38.1 Å². The third-order valence-electron chi connectivity index (χ3n) is 11.0. The average Bonchev–Trinajstić information content (AvgIpc) is 3.70. The Labute approximate surface area is 316 Å². The molecule has 4 aliphatic rings. The van der Waals surface area contributed by atoms with E-state index in [9.17, 15) is 18.4 Å². The summed E-state index contributed by atoms with van der Waals surface area (Å²) in [6.07, 6.45) is 4.16. The van der Waals surface area contributed by atoms with Crippen molar-refractivity contribution < 1.29 is 41.5 Å². The van der Waals surface area contributed by atoms with Gasteiger partial charge in [-0.1, -0.05) is 17.3 Å². The van der Waals surface area contributed by atoms with Crippen LogP contribution in [0, 0.1) is 22.9 Å². The van der Waals surface area contributed by atoms with Crippen molar-refractivity contribution in [1.29, 1.82) is 0 Å². The molecule has 4 fully saturated rings. The van der Waals surface area contributed by atoms with Crippen LogP contribution in [0.2, 0.25) is 0 Å². The number of halogens is 3. The van der Waals surface area contributed by atoms with Gasteiger partial charge in [-0.3, -0.25) is 4.79 Å². The maximum atomic E-state index is 15.1. The number of amides is 2. The third kappa shape index (κ3) is 8.03. The van der Waals surface area contributed by atoms with Gasteiger partial charge in [-0.2, -0.15) is 9.37 Å². The lowest BCUT2D eigenvalue weighted by atomic mass is 9.53. The SMILES string of the molecule is COc1ccc(COc2c(F)cc(C(=O)NCC34CCC(c5noc(-c6ccc(N7CCN(C(=O)OC(C)(C)C)CC7)nn6)n5)(CC3)CC4)c(F)c2F)cc1. The minimum absolute atomic E-state index is 0.210. The number of nitrogens with one attached hydrogen (secondary N) is 1. The van der Waals surface area contributed by atoms with Crippen LogP contribution < -0.4 is 19.7 Å². The Balaban J connectivity index is 0.916. The molecule has 0 spiro atoms. The van der Waals surface area contributed by atoms with E-state index in [-0.39, 0.29) is 36.0 Å². The smallest absolute Gasteiger partial charge is 0.410 e. The molecule has 13 nitrogen and oxygen atoms in total. The standard InChI is InChI=1S/C39H44F3N7O6/c1-37(2,3)54-36(51)49-19-17-48(18-20-49)29-10-9-28(45-46-29)34-44-35(47-55-34)39-14-11-38(12-15-39,13-16-39)23-43-33(50)26-21-27(40)32(31(42)30(26)41)53-22-24-5-7-25(52-4)8-6-24/h5-10,21H,11-20,22-23H2,1-4H3,(H,43,50). The van der Waals surface area contributed by atoms with Crippen LogP contribution in [-0.4, -0.2) is 82.7 Å². The van der Waals surface area contributed by atoms with Gasteiger partial charge in [0.25, 0.3) is 11.8 Å². The molecule has 1 saturated heterocycles. The molecule has 2 aromatic heterocycles. The van der Waals surface area contributed by atoms with Gasteiger partial charge in [0.2, 0.25) is 5.82 Å². The lowest BCUT2D eigenvalue weighted by Gasteiger charge is -2.52. The Bertz CT molecular complexity index is 2000. The zero-order valence-corrected chi connectivity index (χ0v) is 31.3. The van der Waals surface area contributed by atoms with E-state index in [1.807, 2.05) is 26.8 Å². The Kier molecular flexibility index (Phi) is 10.3. The predicted molar refractivity (Wildman–Crippen MR) is 193 cm³/mol. The molecule has 16 heteroatoms. The van der Waals surface area contributed by atoms with Crippen LogP contribution in [0.5, 0.6) is 11.5 Å². The first kappa shape index (κ1) is 37.9. The molecule has 4 aromatic rings. The number of carbonyl (C=O) groups is 2. The minimum atomic E-state index is -1.56. The number of hydrogen-bond acceptors (Lipinski definition) is 11. The number of ether oxygens (including phenoxy) is 3. The van der Waals surface area contributed by atoms with E-state index in [1.165, 1.54) is 7.11 Å². The first-order chi connectivity index (χ1) is 26.3. The molecule has 3 aliphatic carbocycles. The molecule has 2 amide bonds. The van der Waals surface area contributed by atoms with Crippen LogP contribution in [0.1, 0.15) is 81.0 Å². The number of nitrogens with zero attached hydrogens (tertiary/aromatic N) is 6. The van der Waals surface area contributed by atoms with E-state index in [4.69, 9.17) is 23.7 Å². The van der Waals surface area contributed by atoms with Crippen LogP contribution in [0.15, 0.2) is 47.0 Å². The second-order valence-electron chi connectivity index (χ2n) is 15.6. The van der Waals surface area contributed by atoms with Gasteiger partial charge in [0.05, 0.1) is 12.7 Å². The van der Waals surface area contributed by atoms with Gasteiger partial charge in [0.15, 0.2) is 34.7 Å². The molecule has 2 aromatic carbocycles. The normalized spacial score (nSPS) is 21.0. The molecule has 55 heavy (non-hydrogen) atoms. The predicted octanol–water partition coefficient (Wildman–Crippen LogP) is 6.61. The summed E-state index contributed by atoms with van der Waals surface area (Å²) >= 11 is 0. The number of methoxy groups -OCH3 is 1. The van der Waals surface area contributed by atoms with Crippen LogP contribution in [-0.2, 0) is 16.8 Å². The van der Waals surface area contributed by atoms with Crippen molar-refractivity contribution in [2.45, 2.75) is 76.9 Å². The fourth-order valence-corrected chi connectivity index (χ4v) is 7.58. The fraction of sp³-hybridized carbons (Fsp3) is 0.487. The molecule has 292 valence electrons. The number of aromatic nitrogens is 4. The second-order valence-corrected chi connectivity index (χ2v) is 15.6. The van der Waals surface area contributed by atoms with E-state index in [1.54, 1.807) is 35.2 Å². The topological polar surface area (TPSA) is 145 Å². The first-order valence-corrected chi connectivity index (χ1v) is 18.4. The molecule has 3 heterocycles. The Morgan fingerprint density at radius 3 is 2.22 bits per heavy atom. The molecule has 8 rings (SSSR count). The van der Waals surface area contributed by atoms with E-state index in [0.29, 0.717) is 60.9 Å². The summed E-state index contributed by atoms with van der Waals surface area (Å²) in [5.41, 5.74) is -0.779. The lowest BCUT2D eigenvalue weighted by molar-refractivity contribution is 0.0240. The molecule has 3 saturated carbocycles. The van der Waals surface area contributed by atoms with E-state index >= 15 is 4.39 Å². The molecular formula is C39H44F3N7O6. The summed E-state index contributed by atoms with van der Waals surface area (Å²) in [6.45, 7) is 7.76. The van der Waals surface area contributed by atoms with Gasteiger partial charge >= 0.3 is 6.09 Å². The summed E-state index contributed by atoms with van der Waals surface area (Å²) in [6, 6.07) is 10.9. The Morgan fingerprint density at radius 1 is 0.909 bits per heavy atom. The first-order valence-electron chi connectivity index (χ1n) is 18.4. The van der Waals surface area contributed by atoms with Crippen molar-refractivity contribution in [2.75, 3.05) is 44.7 Å². The van der Waals surface area contributed by atoms with Crippen LogP contribution in [0.25, 0.3) is 11.6 Å². The fourth-order valence-electron chi connectivity index (χ4n) is 7.58. The maximum Gasteiger partial charge on any atom is 0.410 e. The van der Waals surface area contributed by atoms with Crippen molar-refractivity contribution in [3.63, 3.8) is 0 Å². The van der Waals surface area contributed by atoms with Crippen LogP contribution >= 0.6 is 0 Å². The van der Waals surface area contributed by atoms with E-state index in [2.05, 4.69) is 25.6 Å². The number of rotatable bonds is 10. The van der Waals surface area contributed by atoms with Crippen LogP contribution in [0.4, 0.5) is 23.8 Å².